The Morgan fingerprint density at radius 3 is 0.864 bits per heavy atom. The van der Waals surface area contributed by atoms with Crippen molar-refractivity contribution in [1.82, 2.24) is 0 Å². The van der Waals surface area contributed by atoms with Gasteiger partial charge in [0.1, 0.15) is 0 Å². The van der Waals surface area contributed by atoms with E-state index < -0.39 is 7.92 Å². The molecule has 3 aromatic rings. The first-order valence-corrected chi connectivity index (χ1v) is 7.74. The summed E-state index contributed by atoms with van der Waals surface area (Å²) in [6.45, 7) is 0. The van der Waals surface area contributed by atoms with Gasteiger partial charge in [-0.2, -0.15) is 0 Å². The van der Waals surface area contributed by atoms with Crippen LogP contribution < -0.4 is 15.9 Å². The van der Waals surface area contributed by atoms with Gasteiger partial charge in [0.25, 0.3) is 0 Å². The Morgan fingerprint density at radius 2 is 0.636 bits per heavy atom. The number of benzene rings is 3. The topological polar surface area (TPSA) is 0 Å². The van der Waals surface area contributed by atoms with Crippen LogP contribution >= 0.6 is 7.92 Å². The third-order valence-corrected chi connectivity index (χ3v) is 5.49. The molecule has 0 bridgehead atoms. The number of hydrogen-bond donors (Lipinski definition) is 0. The molecule has 0 heterocycles. The summed E-state index contributed by atoms with van der Waals surface area (Å²) in [6, 6.07) is 32.3. The average Bonchev–Trinajstić information content (AvgIpc) is 2.51. The fraction of sp³-hybridized carbons (Fsp3) is 0. The summed E-state index contributed by atoms with van der Waals surface area (Å²) in [7, 11) is -0.446. The van der Waals surface area contributed by atoms with Gasteiger partial charge in [-0.25, -0.2) is 0 Å². The Hall–Kier alpha value is -1.25. The van der Waals surface area contributed by atoms with Crippen molar-refractivity contribution in [3.63, 3.8) is 0 Å². The van der Waals surface area contributed by atoms with E-state index in [1.807, 2.05) is 0 Å². The fourth-order valence-electron chi connectivity index (χ4n) is 2.18. The van der Waals surface area contributed by atoms with E-state index >= 15 is 0 Å². The van der Waals surface area contributed by atoms with E-state index in [2.05, 4.69) is 91.0 Å². The van der Waals surface area contributed by atoms with E-state index in [1.54, 1.807) is 0 Å². The molecule has 0 aliphatic carbocycles. The molecule has 116 valence electrons. The molecule has 0 N–H and O–H groups in total. The summed E-state index contributed by atoms with van der Waals surface area (Å²) in [4.78, 5) is 0. The standard InChI is InChI=1S/C18H15P.2CH3.Pd/c1-4-10-16(11-5-1)19(17-12-6-2-7-13-17)18-14-8-3-9-15-18;;;/h1-15H;2*1H3;/q;2*-1;+2. The molecule has 0 aliphatic rings. The zero-order chi connectivity index (χ0) is 12.9. The van der Waals surface area contributed by atoms with Crippen LogP contribution in [-0.4, -0.2) is 0 Å². The van der Waals surface area contributed by atoms with Crippen molar-refractivity contribution >= 4 is 23.8 Å². The minimum atomic E-state index is -0.446. The summed E-state index contributed by atoms with van der Waals surface area (Å²) >= 11 is 0. The molecule has 3 aromatic carbocycles. The second-order valence-corrected chi connectivity index (χ2v) is 6.56. The van der Waals surface area contributed by atoms with Gasteiger partial charge in [-0.05, 0) is 23.8 Å². The van der Waals surface area contributed by atoms with E-state index in [0.29, 0.717) is 0 Å². The van der Waals surface area contributed by atoms with Crippen LogP contribution in [0.15, 0.2) is 91.0 Å². The Kier molecular flexibility index (Phi) is 9.88. The smallest absolute Gasteiger partial charge is 0.358 e. The molecule has 0 nitrogen and oxygen atoms in total. The zero-order valence-electron chi connectivity index (χ0n) is 12.9. The summed E-state index contributed by atoms with van der Waals surface area (Å²) in [5.41, 5.74) is 0. The summed E-state index contributed by atoms with van der Waals surface area (Å²) < 4.78 is 0. The molecular weight excluding hydrogens is 378 g/mol. The minimum Gasteiger partial charge on any atom is -0.358 e. The third-order valence-electron chi connectivity index (χ3n) is 3.04. The maximum Gasteiger partial charge on any atom is 2.00 e. The van der Waals surface area contributed by atoms with Gasteiger partial charge >= 0.3 is 20.4 Å². The van der Waals surface area contributed by atoms with Gasteiger partial charge in [0.2, 0.25) is 0 Å². The first-order chi connectivity index (χ1) is 9.45. The van der Waals surface area contributed by atoms with E-state index in [-0.39, 0.29) is 35.3 Å². The van der Waals surface area contributed by atoms with Crippen LogP contribution in [0.2, 0.25) is 0 Å². The molecule has 0 saturated heterocycles. The van der Waals surface area contributed by atoms with Crippen LogP contribution in [0.5, 0.6) is 0 Å². The Morgan fingerprint density at radius 1 is 0.409 bits per heavy atom. The first-order valence-electron chi connectivity index (χ1n) is 6.40. The molecule has 0 saturated carbocycles. The van der Waals surface area contributed by atoms with Gasteiger partial charge in [-0.1, -0.05) is 91.0 Å². The molecule has 0 fully saturated rings. The van der Waals surface area contributed by atoms with Crippen LogP contribution in [0.25, 0.3) is 0 Å². The van der Waals surface area contributed by atoms with Crippen molar-refractivity contribution in [2.75, 3.05) is 0 Å². The van der Waals surface area contributed by atoms with Crippen LogP contribution in [0.1, 0.15) is 0 Å². The van der Waals surface area contributed by atoms with Gasteiger partial charge < -0.3 is 14.9 Å². The largest absolute Gasteiger partial charge is 2.00 e. The summed E-state index contributed by atoms with van der Waals surface area (Å²) in [5.74, 6) is 0. The predicted molar refractivity (Wildman–Crippen MR) is 98.0 cm³/mol. The zero-order valence-corrected chi connectivity index (χ0v) is 15.4. The van der Waals surface area contributed by atoms with Crippen LogP contribution in [-0.2, 0) is 20.4 Å². The SMILES string of the molecule is [CH3-].[CH3-].[Pd+2].c1ccc(P(c2ccccc2)c2ccccc2)cc1. The third kappa shape index (κ3) is 4.89. The summed E-state index contributed by atoms with van der Waals surface area (Å²) in [6.07, 6.45) is 0. The van der Waals surface area contributed by atoms with Gasteiger partial charge in [0.15, 0.2) is 0 Å². The van der Waals surface area contributed by atoms with Crippen molar-refractivity contribution in [2.45, 2.75) is 0 Å². The van der Waals surface area contributed by atoms with E-state index in [0.717, 1.165) is 0 Å². The normalized spacial score (nSPS) is 9.14. The minimum absolute atomic E-state index is 0. The molecule has 0 unspecified atom stereocenters. The van der Waals surface area contributed by atoms with Gasteiger partial charge in [0.05, 0.1) is 0 Å². The monoisotopic (exact) mass is 398 g/mol. The molecular formula is C20H21PPd. The van der Waals surface area contributed by atoms with Crippen molar-refractivity contribution in [2.24, 2.45) is 0 Å². The maximum atomic E-state index is 2.23. The molecule has 0 amide bonds. The van der Waals surface area contributed by atoms with Crippen molar-refractivity contribution in [3.05, 3.63) is 106 Å². The Labute approximate surface area is 150 Å². The van der Waals surface area contributed by atoms with E-state index in [9.17, 15) is 0 Å². The molecule has 22 heavy (non-hydrogen) atoms. The van der Waals surface area contributed by atoms with Crippen LogP contribution in [0.4, 0.5) is 0 Å². The van der Waals surface area contributed by atoms with Crippen LogP contribution in [0.3, 0.4) is 0 Å². The molecule has 0 radical (unpaired) electrons. The maximum absolute atomic E-state index is 2.23. The Bertz CT molecular complexity index is 530. The van der Waals surface area contributed by atoms with E-state index in [4.69, 9.17) is 0 Å². The first kappa shape index (κ1) is 20.8. The Balaban J connectivity index is 0.00000147. The molecule has 0 atom stereocenters. The van der Waals surface area contributed by atoms with Crippen molar-refractivity contribution < 1.29 is 20.4 Å². The van der Waals surface area contributed by atoms with E-state index in [1.165, 1.54) is 15.9 Å². The van der Waals surface area contributed by atoms with Crippen LogP contribution in [0, 0.1) is 14.9 Å². The van der Waals surface area contributed by atoms with Crippen molar-refractivity contribution in [3.8, 4) is 0 Å². The van der Waals surface area contributed by atoms with Gasteiger partial charge in [-0.3, -0.25) is 0 Å². The number of rotatable bonds is 3. The van der Waals surface area contributed by atoms with Gasteiger partial charge in [0, 0.05) is 0 Å². The van der Waals surface area contributed by atoms with Gasteiger partial charge in [-0.15, -0.1) is 0 Å². The molecule has 0 aliphatic heterocycles. The quantitative estimate of drug-likeness (QED) is 0.350. The predicted octanol–water partition coefficient (Wildman–Crippen LogP) is 4.34. The second-order valence-electron chi connectivity index (χ2n) is 4.34. The molecule has 3 rings (SSSR count). The molecule has 0 spiro atoms. The fourth-order valence-corrected chi connectivity index (χ4v) is 4.48. The second kappa shape index (κ2) is 10.5. The number of hydrogen-bond acceptors (Lipinski definition) is 0. The molecule has 2 heteroatoms. The van der Waals surface area contributed by atoms with Crippen molar-refractivity contribution in [1.29, 1.82) is 0 Å². The summed E-state index contributed by atoms with van der Waals surface area (Å²) in [5, 5.41) is 4.19. The average molecular weight is 399 g/mol. The molecule has 0 aromatic heterocycles.